The van der Waals surface area contributed by atoms with Crippen LogP contribution in [-0.2, 0) is 14.0 Å². The van der Waals surface area contributed by atoms with E-state index < -0.39 is 30.1 Å². The number of ether oxygens (including phenoxy) is 1. The minimum absolute atomic E-state index is 0.133. The molecule has 0 bridgehead atoms. The van der Waals surface area contributed by atoms with Gasteiger partial charge in [-0.05, 0) is 56.9 Å². The molecule has 1 aliphatic heterocycles. The minimum atomic E-state index is -0.621. The van der Waals surface area contributed by atoms with Gasteiger partial charge in [0.25, 0.3) is 0 Å². The van der Waals surface area contributed by atoms with Crippen molar-refractivity contribution in [1.29, 1.82) is 0 Å². The van der Waals surface area contributed by atoms with E-state index in [9.17, 15) is 9.18 Å². The lowest BCUT2D eigenvalue weighted by atomic mass is 9.77. The van der Waals surface area contributed by atoms with Crippen molar-refractivity contribution in [3.63, 3.8) is 0 Å². The van der Waals surface area contributed by atoms with Gasteiger partial charge in [0.1, 0.15) is 5.82 Å². The normalized spacial score (nSPS) is 19.5. The van der Waals surface area contributed by atoms with Gasteiger partial charge in [-0.3, -0.25) is 0 Å². The Labute approximate surface area is 142 Å². The largest absolute Gasteiger partial charge is 0.491 e. The number of hydrogen-bond acceptors (Lipinski definition) is 5. The molecular formula is C17H23BFNO4. The van der Waals surface area contributed by atoms with Crippen molar-refractivity contribution in [3.8, 4) is 0 Å². The highest BCUT2D eigenvalue weighted by Crippen LogP contribution is 2.38. The molecule has 1 aliphatic rings. The lowest BCUT2D eigenvalue weighted by molar-refractivity contribution is 0.00578. The number of benzene rings is 1. The number of rotatable bonds is 4. The molecule has 0 radical (unpaired) electrons. The number of hydrogen-bond donors (Lipinski definition) is 1. The molecule has 0 aliphatic carbocycles. The van der Waals surface area contributed by atoms with Gasteiger partial charge in [0, 0.05) is 6.54 Å². The van der Waals surface area contributed by atoms with Crippen LogP contribution in [0.15, 0.2) is 23.7 Å². The highest BCUT2D eigenvalue weighted by Gasteiger charge is 2.52. The van der Waals surface area contributed by atoms with Crippen LogP contribution in [0.2, 0.25) is 0 Å². The molecule has 1 fully saturated rings. The Morgan fingerprint density at radius 3 is 2.33 bits per heavy atom. The van der Waals surface area contributed by atoms with Crippen molar-refractivity contribution in [2.45, 2.75) is 38.9 Å². The average Bonchev–Trinajstić information content (AvgIpc) is 2.71. The predicted octanol–water partition coefficient (Wildman–Crippen LogP) is 2.59. The Morgan fingerprint density at radius 1 is 1.25 bits per heavy atom. The Bertz CT molecular complexity index is 657. The quantitative estimate of drug-likeness (QED) is 0.676. The zero-order chi connectivity index (χ0) is 18.1. The highest BCUT2D eigenvalue weighted by molar-refractivity contribution is 6.55. The summed E-state index contributed by atoms with van der Waals surface area (Å²) >= 11 is 0. The second-order valence-electron chi connectivity index (χ2n) is 6.78. The molecule has 0 spiro atoms. The molecule has 1 heterocycles. The van der Waals surface area contributed by atoms with Crippen LogP contribution < -0.4 is 5.73 Å². The summed E-state index contributed by atoms with van der Waals surface area (Å²) in [5.41, 5.74) is 6.12. The van der Waals surface area contributed by atoms with Crippen LogP contribution in [0.5, 0.6) is 0 Å². The van der Waals surface area contributed by atoms with Gasteiger partial charge in [0.05, 0.1) is 23.9 Å². The summed E-state index contributed by atoms with van der Waals surface area (Å²) in [6, 6.07) is 3.98. The molecule has 1 aromatic rings. The second kappa shape index (κ2) is 6.66. The van der Waals surface area contributed by atoms with Crippen molar-refractivity contribution < 1.29 is 23.2 Å². The molecule has 130 valence electrons. The third-order valence-electron chi connectivity index (χ3n) is 4.48. The van der Waals surface area contributed by atoms with Gasteiger partial charge in [-0.2, -0.15) is 0 Å². The van der Waals surface area contributed by atoms with E-state index in [0.717, 1.165) is 6.07 Å². The molecule has 0 amide bonds. The van der Waals surface area contributed by atoms with E-state index in [1.807, 2.05) is 27.7 Å². The number of carbonyl (C=O) groups is 1. The highest BCUT2D eigenvalue weighted by atomic mass is 19.1. The third kappa shape index (κ3) is 3.69. The minimum Gasteiger partial charge on any atom is -0.465 e. The maximum absolute atomic E-state index is 13.8. The summed E-state index contributed by atoms with van der Waals surface area (Å²) in [5.74, 6) is -1.14. The maximum Gasteiger partial charge on any atom is 0.491 e. The molecule has 2 rings (SSSR count). The number of halogens is 1. The van der Waals surface area contributed by atoms with E-state index in [1.165, 1.54) is 19.2 Å². The lowest BCUT2D eigenvalue weighted by Gasteiger charge is -2.32. The molecule has 0 aromatic heterocycles. The summed E-state index contributed by atoms with van der Waals surface area (Å²) in [4.78, 5) is 11.6. The fourth-order valence-corrected chi connectivity index (χ4v) is 2.36. The second-order valence-corrected chi connectivity index (χ2v) is 6.78. The van der Waals surface area contributed by atoms with E-state index in [2.05, 4.69) is 4.74 Å². The maximum atomic E-state index is 13.8. The van der Waals surface area contributed by atoms with Gasteiger partial charge in [-0.25, -0.2) is 9.18 Å². The van der Waals surface area contributed by atoms with E-state index in [4.69, 9.17) is 15.0 Å². The Hall–Kier alpha value is -1.70. The van der Waals surface area contributed by atoms with Gasteiger partial charge in [-0.1, -0.05) is 6.08 Å². The van der Waals surface area contributed by atoms with Crippen molar-refractivity contribution in [1.82, 2.24) is 0 Å². The van der Waals surface area contributed by atoms with Crippen LogP contribution in [0, 0.1) is 5.82 Å². The Kier molecular flexibility index (Phi) is 5.18. The van der Waals surface area contributed by atoms with Crippen LogP contribution in [-0.4, -0.2) is 37.9 Å². The molecule has 5 nitrogen and oxygen atoms in total. The molecule has 0 saturated carbocycles. The average molecular weight is 335 g/mol. The first kappa shape index (κ1) is 18.6. The SMILES string of the molecule is COC(=O)c1cc(F)cc(C=C(CN)B2OC(C)(C)C(C)(C)O2)c1. The molecule has 0 unspecified atom stereocenters. The van der Waals surface area contributed by atoms with Gasteiger partial charge in [-0.15, -0.1) is 0 Å². The number of carbonyl (C=O) groups excluding carboxylic acids is 1. The Morgan fingerprint density at radius 2 is 1.83 bits per heavy atom. The van der Waals surface area contributed by atoms with E-state index in [0.29, 0.717) is 11.0 Å². The standard InChI is InChI=1S/C17H23BFNO4/c1-16(2)17(3,4)24-18(23-16)13(10-20)7-11-6-12(15(21)22-5)9-14(19)8-11/h6-9H,10,20H2,1-5H3. The number of methoxy groups -OCH3 is 1. The first-order valence-corrected chi connectivity index (χ1v) is 7.75. The molecule has 7 heteroatoms. The third-order valence-corrected chi connectivity index (χ3v) is 4.48. The van der Waals surface area contributed by atoms with Gasteiger partial charge < -0.3 is 19.8 Å². The van der Waals surface area contributed by atoms with Gasteiger partial charge >= 0.3 is 13.1 Å². The van der Waals surface area contributed by atoms with Crippen LogP contribution >= 0.6 is 0 Å². The zero-order valence-electron chi connectivity index (χ0n) is 14.7. The first-order chi connectivity index (χ1) is 11.1. The van der Waals surface area contributed by atoms with Crippen LogP contribution in [0.4, 0.5) is 4.39 Å². The van der Waals surface area contributed by atoms with E-state index >= 15 is 0 Å². The topological polar surface area (TPSA) is 70.8 Å². The number of esters is 1. The summed E-state index contributed by atoms with van der Waals surface area (Å²) in [6.45, 7) is 7.95. The van der Waals surface area contributed by atoms with Crippen molar-refractivity contribution in [2.75, 3.05) is 13.7 Å². The number of nitrogens with two attached hydrogens (primary N) is 1. The fourth-order valence-electron chi connectivity index (χ4n) is 2.36. The summed E-state index contributed by atoms with van der Waals surface area (Å²) < 4.78 is 30.3. The Balaban J connectivity index is 2.35. The fraction of sp³-hybridized carbons (Fsp3) is 0.471. The molecule has 24 heavy (non-hydrogen) atoms. The summed E-state index contributed by atoms with van der Waals surface area (Å²) in [7, 11) is 0.628. The monoisotopic (exact) mass is 335 g/mol. The van der Waals surface area contributed by atoms with Crippen LogP contribution in [0.25, 0.3) is 6.08 Å². The van der Waals surface area contributed by atoms with Crippen molar-refractivity contribution in [2.24, 2.45) is 5.73 Å². The molecule has 2 N–H and O–H groups in total. The zero-order valence-corrected chi connectivity index (χ0v) is 14.7. The summed E-state index contributed by atoms with van der Waals surface area (Å²) in [5, 5.41) is 0. The molecule has 0 atom stereocenters. The van der Waals surface area contributed by atoms with Crippen LogP contribution in [0.3, 0.4) is 0 Å². The lowest BCUT2D eigenvalue weighted by Crippen LogP contribution is -2.41. The first-order valence-electron chi connectivity index (χ1n) is 7.75. The molecule has 1 saturated heterocycles. The van der Waals surface area contributed by atoms with Crippen molar-refractivity contribution in [3.05, 3.63) is 40.6 Å². The summed E-state index contributed by atoms with van der Waals surface area (Å²) in [6.07, 6.45) is 1.68. The van der Waals surface area contributed by atoms with E-state index in [-0.39, 0.29) is 12.1 Å². The molecule has 1 aromatic carbocycles. The predicted molar refractivity (Wildman–Crippen MR) is 90.9 cm³/mol. The molecular weight excluding hydrogens is 312 g/mol. The van der Waals surface area contributed by atoms with Crippen LogP contribution in [0.1, 0.15) is 43.6 Å². The van der Waals surface area contributed by atoms with Gasteiger partial charge in [0.2, 0.25) is 0 Å². The van der Waals surface area contributed by atoms with Gasteiger partial charge in [0.15, 0.2) is 0 Å². The smallest absolute Gasteiger partial charge is 0.465 e. The van der Waals surface area contributed by atoms with Crippen molar-refractivity contribution >= 4 is 19.2 Å². The van der Waals surface area contributed by atoms with E-state index in [1.54, 1.807) is 6.08 Å².